The van der Waals surface area contributed by atoms with Gasteiger partial charge in [0.2, 0.25) is 0 Å². The predicted octanol–water partition coefficient (Wildman–Crippen LogP) is 5.28. The monoisotopic (exact) mass is 552 g/mol. The summed E-state index contributed by atoms with van der Waals surface area (Å²) in [5.41, 5.74) is 0.995. The van der Waals surface area contributed by atoms with Crippen LogP contribution in [0.5, 0.6) is 11.5 Å². The summed E-state index contributed by atoms with van der Waals surface area (Å²) in [6.07, 6.45) is 5.08. The van der Waals surface area contributed by atoms with Crippen molar-refractivity contribution >= 4 is 18.0 Å². The Balaban J connectivity index is 1.73. The highest BCUT2D eigenvalue weighted by Gasteiger charge is 2.45. The number of fused-ring (bicyclic) bond motifs is 2. The van der Waals surface area contributed by atoms with Crippen LogP contribution in [-0.2, 0) is 23.7 Å². The van der Waals surface area contributed by atoms with Crippen LogP contribution in [0.1, 0.15) is 60.4 Å². The van der Waals surface area contributed by atoms with E-state index in [0.29, 0.717) is 17.5 Å². The molecule has 2 aliphatic heterocycles. The smallest absolute Gasteiger partial charge is 0.342 e. The first-order valence-electron chi connectivity index (χ1n) is 13.2. The van der Waals surface area contributed by atoms with Gasteiger partial charge in [-0.3, -0.25) is 0 Å². The van der Waals surface area contributed by atoms with E-state index in [-0.39, 0.29) is 29.8 Å². The van der Waals surface area contributed by atoms with Crippen LogP contribution in [0.25, 0.3) is 6.08 Å². The van der Waals surface area contributed by atoms with Crippen molar-refractivity contribution in [3.05, 3.63) is 77.4 Å². The first-order valence-corrected chi connectivity index (χ1v) is 13.2. The lowest BCUT2D eigenvalue weighted by molar-refractivity contribution is -0.152. The Morgan fingerprint density at radius 3 is 2.58 bits per heavy atom. The standard InChI is InChI=1S/C31H36O9/c1-19-14-15-24(38-29(33)21-10-7-6-8-11-21)28-25(39-31(3,4)40-28)13-9-12-22-16-23(32)17-26(36-18-35-5)27(22)30(34)37-20(19)2/h6-12,14-17,19-20,24-25,28,32H,13,18H2,1-5H3/b12-9+,15-14-/t19-,20+,24?,25+,28-/m1/s1. The number of methoxy groups -OCH3 is 1. The molecule has 1 N–H and O–H groups in total. The van der Waals surface area contributed by atoms with Gasteiger partial charge in [0.05, 0.1) is 11.7 Å². The molecule has 0 saturated carbocycles. The highest BCUT2D eigenvalue weighted by atomic mass is 16.8. The molecule has 2 aliphatic rings. The molecule has 2 aromatic rings. The summed E-state index contributed by atoms with van der Waals surface area (Å²) in [5.74, 6) is -2.21. The van der Waals surface area contributed by atoms with Gasteiger partial charge in [-0.1, -0.05) is 43.4 Å². The van der Waals surface area contributed by atoms with Crippen LogP contribution in [0.4, 0.5) is 0 Å². The largest absolute Gasteiger partial charge is 0.508 e. The number of benzene rings is 2. The van der Waals surface area contributed by atoms with Crippen molar-refractivity contribution < 1.29 is 43.1 Å². The lowest BCUT2D eigenvalue weighted by atomic mass is 9.98. The third-order valence-electron chi connectivity index (χ3n) is 6.76. The first kappa shape index (κ1) is 29.3. The molecule has 4 rings (SSSR count). The van der Waals surface area contributed by atoms with Crippen molar-refractivity contribution in [2.24, 2.45) is 5.92 Å². The summed E-state index contributed by atoms with van der Waals surface area (Å²) in [6.45, 7) is 7.16. The number of cyclic esters (lactones) is 1. The quantitative estimate of drug-likeness (QED) is 0.301. The number of esters is 2. The number of carbonyl (C=O) groups excluding carboxylic acids is 2. The van der Waals surface area contributed by atoms with Crippen LogP contribution in [0.2, 0.25) is 0 Å². The lowest BCUT2D eigenvalue weighted by Gasteiger charge is -2.25. The maximum atomic E-state index is 13.4. The van der Waals surface area contributed by atoms with Gasteiger partial charge in [0, 0.05) is 19.1 Å². The van der Waals surface area contributed by atoms with Gasteiger partial charge in [-0.2, -0.15) is 0 Å². The molecule has 1 fully saturated rings. The highest BCUT2D eigenvalue weighted by Crippen LogP contribution is 2.35. The molecule has 0 spiro atoms. The fourth-order valence-corrected chi connectivity index (χ4v) is 4.62. The van der Waals surface area contributed by atoms with E-state index in [1.165, 1.54) is 19.2 Å². The van der Waals surface area contributed by atoms with Crippen molar-refractivity contribution in [3.63, 3.8) is 0 Å². The van der Waals surface area contributed by atoms with Crippen LogP contribution in [0.3, 0.4) is 0 Å². The topological polar surface area (TPSA) is 110 Å². The van der Waals surface area contributed by atoms with Crippen molar-refractivity contribution in [1.29, 1.82) is 0 Å². The SMILES string of the molecule is COCOc1cc(O)cc2c1C(=O)O[C@@H](C)[C@H](C)/C=C\C(OC(=O)c1ccccc1)[C@H]1OC(C)(C)O[C@H]1C/C=C/2. The molecule has 0 amide bonds. The Hall–Kier alpha value is -3.66. The zero-order valence-electron chi connectivity index (χ0n) is 23.4. The molecule has 1 saturated heterocycles. The Kier molecular flexibility index (Phi) is 9.29. The molecule has 1 unspecified atom stereocenters. The normalized spacial score (nSPS) is 27.8. The third-order valence-corrected chi connectivity index (χ3v) is 6.76. The van der Waals surface area contributed by atoms with Gasteiger partial charge in [0.1, 0.15) is 35.4 Å². The fourth-order valence-electron chi connectivity index (χ4n) is 4.62. The number of carbonyl (C=O) groups is 2. The molecule has 0 aliphatic carbocycles. The lowest BCUT2D eigenvalue weighted by Crippen LogP contribution is -2.37. The highest BCUT2D eigenvalue weighted by molar-refractivity contribution is 5.97. The second-order valence-electron chi connectivity index (χ2n) is 10.3. The number of phenolic OH excluding ortho intramolecular Hbond substituents is 1. The number of hydrogen-bond acceptors (Lipinski definition) is 9. The summed E-state index contributed by atoms with van der Waals surface area (Å²) in [7, 11) is 1.46. The average Bonchev–Trinajstić information content (AvgIpc) is 3.22. The van der Waals surface area contributed by atoms with E-state index in [4.69, 9.17) is 28.4 Å². The minimum absolute atomic E-state index is 0.0832. The summed E-state index contributed by atoms with van der Waals surface area (Å²) in [6, 6.07) is 11.6. The maximum absolute atomic E-state index is 13.4. The molecule has 9 nitrogen and oxygen atoms in total. The van der Waals surface area contributed by atoms with Crippen LogP contribution >= 0.6 is 0 Å². The van der Waals surface area contributed by atoms with Crippen molar-refractivity contribution in [2.75, 3.05) is 13.9 Å². The van der Waals surface area contributed by atoms with Crippen LogP contribution in [0, 0.1) is 5.92 Å². The Morgan fingerprint density at radius 2 is 1.85 bits per heavy atom. The van der Waals surface area contributed by atoms with Gasteiger partial charge in [-0.25, -0.2) is 9.59 Å². The fraction of sp³-hybridized carbons (Fsp3) is 0.419. The van der Waals surface area contributed by atoms with Crippen molar-refractivity contribution in [3.8, 4) is 11.5 Å². The number of hydrogen-bond donors (Lipinski definition) is 1. The molecule has 0 radical (unpaired) electrons. The average molecular weight is 553 g/mol. The minimum atomic E-state index is -0.919. The van der Waals surface area contributed by atoms with Gasteiger partial charge in [-0.05, 0) is 57.0 Å². The molecular weight excluding hydrogens is 516 g/mol. The molecule has 2 aromatic carbocycles. The number of phenols is 1. The summed E-state index contributed by atoms with van der Waals surface area (Å²) in [4.78, 5) is 26.4. The third kappa shape index (κ3) is 7.10. The van der Waals surface area contributed by atoms with Gasteiger partial charge in [0.15, 0.2) is 12.6 Å². The predicted molar refractivity (Wildman–Crippen MR) is 147 cm³/mol. The van der Waals surface area contributed by atoms with E-state index in [1.54, 1.807) is 43.3 Å². The van der Waals surface area contributed by atoms with E-state index < -0.39 is 42.1 Å². The van der Waals surface area contributed by atoms with Crippen LogP contribution in [-0.4, -0.2) is 61.2 Å². The minimum Gasteiger partial charge on any atom is -0.508 e. The zero-order chi connectivity index (χ0) is 28.9. The molecule has 214 valence electrons. The molecular formula is C31H36O9. The van der Waals surface area contributed by atoms with Crippen LogP contribution < -0.4 is 4.74 Å². The van der Waals surface area contributed by atoms with Crippen molar-refractivity contribution in [1.82, 2.24) is 0 Å². The Labute approximate surface area is 234 Å². The molecule has 0 aromatic heterocycles. The molecule has 5 atom stereocenters. The first-order chi connectivity index (χ1) is 19.1. The Bertz CT molecular complexity index is 1250. The molecule has 0 bridgehead atoms. The van der Waals surface area contributed by atoms with Gasteiger partial charge in [0.25, 0.3) is 0 Å². The van der Waals surface area contributed by atoms with Crippen LogP contribution in [0.15, 0.2) is 60.7 Å². The zero-order valence-corrected chi connectivity index (χ0v) is 23.4. The summed E-state index contributed by atoms with van der Waals surface area (Å²) < 4.78 is 34.8. The summed E-state index contributed by atoms with van der Waals surface area (Å²) in [5, 5.41) is 10.3. The Morgan fingerprint density at radius 1 is 1.10 bits per heavy atom. The van der Waals surface area contributed by atoms with Gasteiger partial charge in [-0.15, -0.1) is 0 Å². The second kappa shape index (κ2) is 12.7. The second-order valence-corrected chi connectivity index (χ2v) is 10.3. The summed E-state index contributed by atoms with van der Waals surface area (Å²) >= 11 is 0. The van der Waals surface area contributed by atoms with E-state index in [1.807, 2.05) is 39.0 Å². The number of aromatic hydroxyl groups is 1. The van der Waals surface area contributed by atoms with Gasteiger partial charge >= 0.3 is 11.9 Å². The van der Waals surface area contributed by atoms with E-state index in [2.05, 4.69) is 0 Å². The molecule has 2 heterocycles. The molecule has 40 heavy (non-hydrogen) atoms. The van der Waals surface area contributed by atoms with Crippen molar-refractivity contribution in [2.45, 2.75) is 64.3 Å². The van der Waals surface area contributed by atoms with Gasteiger partial charge < -0.3 is 33.5 Å². The number of rotatable bonds is 5. The van der Waals surface area contributed by atoms with E-state index >= 15 is 0 Å². The van der Waals surface area contributed by atoms with E-state index in [9.17, 15) is 14.7 Å². The molecule has 9 heteroatoms. The maximum Gasteiger partial charge on any atom is 0.342 e. The number of ether oxygens (including phenoxy) is 6. The van der Waals surface area contributed by atoms with E-state index in [0.717, 1.165) is 0 Å².